The fourth-order valence-corrected chi connectivity index (χ4v) is 3.52. The molecule has 154 valence electrons. The molecule has 2 heterocycles. The van der Waals surface area contributed by atoms with Crippen molar-refractivity contribution in [2.24, 2.45) is 5.16 Å². The molecule has 0 N–H and O–H groups in total. The van der Waals surface area contributed by atoms with Crippen LogP contribution in [-0.2, 0) is 11.4 Å². The Hall–Kier alpha value is -2.83. The van der Waals surface area contributed by atoms with Crippen LogP contribution in [0.25, 0.3) is 0 Å². The summed E-state index contributed by atoms with van der Waals surface area (Å²) in [5.74, 6) is -0.556. The zero-order valence-electron chi connectivity index (χ0n) is 15.7. The predicted molar refractivity (Wildman–Crippen MR) is 112 cm³/mol. The van der Waals surface area contributed by atoms with Crippen LogP contribution in [0.5, 0.6) is 0 Å². The van der Waals surface area contributed by atoms with Crippen LogP contribution in [-0.4, -0.2) is 29.2 Å². The number of rotatable bonds is 6. The summed E-state index contributed by atoms with van der Waals surface area (Å²) in [4.78, 5) is 20.0. The number of halogens is 3. The van der Waals surface area contributed by atoms with Gasteiger partial charge in [0, 0.05) is 24.1 Å². The molecule has 0 radical (unpaired) electrons. The molecule has 30 heavy (non-hydrogen) atoms. The number of benzene rings is 2. The van der Waals surface area contributed by atoms with E-state index in [0.717, 1.165) is 5.56 Å². The highest BCUT2D eigenvalue weighted by atomic mass is 35.5. The van der Waals surface area contributed by atoms with Crippen molar-refractivity contribution in [1.82, 2.24) is 4.90 Å². The Kier molecular flexibility index (Phi) is 6.06. The van der Waals surface area contributed by atoms with Crippen molar-refractivity contribution in [1.29, 1.82) is 0 Å². The Morgan fingerprint density at radius 1 is 1.13 bits per heavy atom. The lowest BCUT2D eigenvalue weighted by molar-refractivity contribution is 0.0385. The number of hydrogen-bond acceptors (Lipinski definition) is 4. The highest BCUT2D eigenvalue weighted by Gasteiger charge is 2.29. The smallest absolute Gasteiger partial charge is 0.289 e. The van der Waals surface area contributed by atoms with Crippen LogP contribution in [0.1, 0.15) is 28.1 Å². The molecule has 1 atom stereocenters. The van der Waals surface area contributed by atoms with E-state index in [-0.39, 0.29) is 36.7 Å². The summed E-state index contributed by atoms with van der Waals surface area (Å²) < 4.78 is 19.4. The monoisotopic (exact) mass is 446 g/mol. The number of carbonyl (C=O) groups is 1. The van der Waals surface area contributed by atoms with Gasteiger partial charge < -0.3 is 14.2 Å². The van der Waals surface area contributed by atoms with Gasteiger partial charge in [-0.2, -0.15) is 0 Å². The minimum absolute atomic E-state index is 0.0776. The maximum absolute atomic E-state index is 14.2. The molecule has 0 saturated carbocycles. The third kappa shape index (κ3) is 4.50. The maximum atomic E-state index is 14.2. The Morgan fingerprint density at radius 2 is 1.97 bits per heavy atom. The van der Waals surface area contributed by atoms with E-state index in [1.807, 2.05) is 6.07 Å². The first-order chi connectivity index (χ1) is 14.5. The van der Waals surface area contributed by atoms with Crippen molar-refractivity contribution >= 4 is 34.8 Å². The van der Waals surface area contributed by atoms with Crippen LogP contribution in [0.3, 0.4) is 0 Å². The molecule has 8 heteroatoms. The van der Waals surface area contributed by atoms with E-state index in [4.69, 9.17) is 32.5 Å². The van der Waals surface area contributed by atoms with Crippen molar-refractivity contribution in [2.75, 3.05) is 6.54 Å². The van der Waals surface area contributed by atoms with E-state index in [0.29, 0.717) is 27.7 Å². The largest absolute Gasteiger partial charge is 0.459 e. The molecule has 0 aliphatic carbocycles. The van der Waals surface area contributed by atoms with Crippen molar-refractivity contribution < 1.29 is 18.4 Å². The van der Waals surface area contributed by atoms with Crippen molar-refractivity contribution in [2.45, 2.75) is 19.1 Å². The number of nitrogens with zero attached hydrogens (tertiary/aromatic N) is 2. The Balaban J connectivity index is 1.50. The first-order valence-electron chi connectivity index (χ1n) is 9.25. The van der Waals surface area contributed by atoms with E-state index in [9.17, 15) is 9.18 Å². The van der Waals surface area contributed by atoms with Crippen molar-refractivity contribution in [3.63, 3.8) is 0 Å². The summed E-state index contributed by atoms with van der Waals surface area (Å²) >= 11 is 12.1. The van der Waals surface area contributed by atoms with Gasteiger partial charge in [-0.25, -0.2) is 4.39 Å². The molecular weight excluding hydrogens is 430 g/mol. The predicted octanol–water partition coefficient (Wildman–Crippen LogP) is 5.56. The molecule has 1 amide bonds. The van der Waals surface area contributed by atoms with Gasteiger partial charge in [0.15, 0.2) is 11.9 Å². The third-order valence-corrected chi connectivity index (χ3v) is 5.49. The van der Waals surface area contributed by atoms with Gasteiger partial charge in [0.05, 0.1) is 28.6 Å². The Morgan fingerprint density at radius 3 is 2.70 bits per heavy atom. The minimum Gasteiger partial charge on any atom is -0.459 e. The summed E-state index contributed by atoms with van der Waals surface area (Å²) in [6.07, 6.45) is 1.50. The second-order valence-electron chi connectivity index (χ2n) is 6.85. The minimum atomic E-state index is -0.389. The summed E-state index contributed by atoms with van der Waals surface area (Å²) in [6, 6.07) is 14.8. The summed E-state index contributed by atoms with van der Waals surface area (Å²) in [5.41, 5.74) is 1.90. The van der Waals surface area contributed by atoms with Crippen LogP contribution in [0.2, 0.25) is 10.0 Å². The van der Waals surface area contributed by atoms with Gasteiger partial charge in [-0.1, -0.05) is 52.6 Å². The van der Waals surface area contributed by atoms with Gasteiger partial charge in [-0.05, 0) is 30.3 Å². The highest BCUT2D eigenvalue weighted by Crippen LogP contribution is 2.26. The molecule has 1 aliphatic rings. The Labute approximate surface area is 182 Å². The van der Waals surface area contributed by atoms with Crippen LogP contribution < -0.4 is 0 Å². The normalized spacial score (nSPS) is 15.6. The average molecular weight is 447 g/mol. The summed E-state index contributed by atoms with van der Waals surface area (Å²) in [6.45, 7) is 0.288. The lowest BCUT2D eigenvalue weighted by Crippen LogP contribution is -2.37. The molecule has 0 bridgehead atoms. The molecule has 2 aromatic carbocycles. The van der Waals surface area contributed by atoms with E-state index < -0.39 is 0 Å². The number of furan rings is 1. The van der Waals surface area contributed by atoms with Gasteiger partial charge in [0.1, 0.15) is 5.82 Å². The maximum Gasteiger partial charge on any atom is 0.289 e. The zero-order valence-corrected chi connectivity index (χ0v) is 17.2. The van der Waals surface area contributed by atoms with Gasteiger partial charge in [-0.3, -0.25) is 4.79 Å². The summed E-state index contributed by atoms with van der Waals surface area (Å²) in [5, 5.41) is 5.02. The van der Waals surface area contributed by atoms with Gasteiger partial charge in [0.25, 0.3) is 5.91 Å². The quantitative estimate of drug-likeness (QED) is 0.497. The first-order valence-corrected chi connectivity index (χ1v) is 10.0. The first kappa shape index (κ1) is 20.4. The third-order valence-electron chi connectivity index (χ3n) is 4.75. The van der Waals surface area contributed by atoms with Gasteiger partial charge in [0.2, 0.25) is 0 Å². The molecule has 0 spiro atoms. The van der Waals surface area contributed by atoms with Gasteiger partial charge in [-0.15, -0.1) is 0 Å². The van der Waals surface area contributed by atoms with E-state index in [1.165, 1.54) is 17.2 Å². The van der Waals surface area contributed by atoms with Crippen LogP contribution >= 0.6 is 23.2 Å². The second kappa shape index (κ2) is 8.90. The van der Waals surface area contributed by atoms with Crippen molar-refractivity contribution in [3.8, 4) is 0 Å². The van der Waals surface area contributed by atoms with E-state index >= 15 is 0 Å². The van der Waals surface area contributed by atoms with E-state index in [1.54, 1.807) is 42.5 Å². The number of carbonyl (C=O) groups excluding carboxylic acids is 1. The molecule has 1 aliphatic heterocycles. The van der Waals surface area contributed by atoms with Crippen molar-refractivity contribution in [3.05, 3.63) is 93.6 Å². The fraction of sp³-hybridized carbons (Fsp3) is 0.182. The number of amides is 1. The molecular formula is C22H17Cl2FN2O3. The highest BCUT2D eigenvalue weighted by molar-refractivity contribution is 6.42. The van der Waals surface area contributed by atoms with E-state index in [2.05, 4.69) is 5.16 Å². The van der Waals surface area contributed by atoms with Gasteiger partial charge >= 0.3 is 0 Å². The zero-order chi connectivity index (χ0) is 21.1. The fourth-order valence-electron chi connectivity index (χ4n) is 3.23. The Bertz CT molecular complexity index is 1090. The average Bonchev–Trinajstić information content (AvgIpc) is 3.43. The lowest BCUT2D eigenvalue weighted by Gasteiger charge is -2.24. The molecule has 0 saturated heterocycles. The topological polar surface area (TPSA) is 55.0 Å². The molecule has 0 fully saturated rings. The standard InChI is InChI=1S/C22H17Cl2FN2O3/c23-17-8-7-14(10-18(17)24)20-11-16(30-26-20)13-27(22(28)21-6-3-9-29-21)12-15-4-1-2-5-19(15)25/h1-10,16H,11-13H2/t16-/m1/s1. The summed E-state index contributed by atoms with van der Waals surface area (Å²) in [7, 11) is 0. The van der Waals surface area contributed by atoms with Crippen LogP contribution in [0.15, 0.2) is 70.4 Å². The number of hydrogen-bond donors (Lipinski definition) is 0. The van der Waals surface area contributed by atoms with Crippen LogP contribution in [0.4, 0.5) is 4.39 Å². The molecule has 0 unspecified atom stereocenters. The molecule has 1 aromatic heterocycles. The molecule has 3 aromatic rings. The molecule has 5 nitrogen and oxygen atoms in total. The SMILES string of the molecule is O=C(c1ccco1)N(Cc1ccccc1F)C[C@H]1CC(c2ccc(Cl)c(Cl)c2)=NO1. The lowest BCUT2D eigenvalue weighted by atomic mass is 10.0. The number of oxime groups is 1. The van der Waals surface area contributed by atoms with Crippen LogP contribution in [0, 0.1) is 5.82 Å². The second-order valence-corrected chi connectivity index (χ2v) is 7.67. The molecule has 4 rings (SSSR count).